The van der Waals surface area contributed by atoms with E-state index in [4.69, 9.17) is 0 Å². The molecule has 0 spiro atoms. The summed E-state index contributed by atoms with van der Waals surface area (Å²) in [6.45, 7) is 7.22. The van der Waals surface area contributed by atoms with Crippen LogP contribution >= 0.6 is 0 Å². The molecule has 2 nitrogen and oxygen atoms in total. The summed E-state index contributed by atoms with van der Waals surface area (Å²) < 4.78 is 0. The molecule has 0 amide bonds. The predicted octanol–water partition coefficient (Wildman–Crippen LogP) is 2.87. The molecule has 0 heterocycles. The Hall–Kier alpha value is -0.370. The second-order valence-electron chi connectivity index (χ2n) is 3.88. The van der Waals surface area contributed by atoms with E-state index in [-0.39, 0.29) is 0 Å². The first-order valence-electron chi connectivity index (χ1n) is 6.01. The lowest BCUT2D eigenvalue weighted by Gasteiger charge is -2.19. The fourth-order valence-electron chi connectivity index (χ4n) is 1.57. The van der Waals surface area contributed by atoms with Gasteiger partial charge in [-0.15, -0.1) is 0 Å². The summed E-state index contributed by atoms with van der Waals surface area (Å²) in [6.07, 6.45) is 8.56. The molecule has 0 radical (unpaired) electrons. The van der Waals surface area contributed by atoms with Crippen LogP contribution in [0.3, 0.4) is 0 Å². The Labute approximate surface area is 88.7 Å². The molecule has 0 aliphatic carbocycles. The SMILES string of the molecule is CCCCCN(CC=O)CCCCC. The standard InChI is InChI=1S/C12H25NO/c1-3-5-7-9-13(11-12-14)10-8-6-4-2/h12H,3-11H2,1-2H3. The molecule has 0 fully saturated rings. The van der Waals surface area contributed by atoms with Gasteiger partial charge in [0, 0.05) is 0 Å². The lowest BCUT2D eigenvalue weighted by Crippen LogP contribution is -2.28. The third kappa shape index (κ3) is 8.24. The van der Waals surface area contributed by atoms with E-state index in [1.807, 2.05) is 0 Å². The topological polar surface area (TPSA) is 20.3 Å². The van der Waals surface area contributed by atoms with Crippen molar-refractivity contribution in [2.24, 2.45) is 0 Å². The molecule has 2 heteroatoms. The van der Waals surface area contributed by atoms with E-state index in [1.54, 1.807) is 0 Å². The van der Waals surface area contributed by atoms with Gasteiger partial charge >= 0.3 is 0 Å². The summed E-state index contributed by atoms with van der Waals surface area (Å²) in [4.78, 5) is 12.7. The molecule has 14 heavy (non-hydrogen) atoms. The summed E-state index contributed by atoms with van der Waals surface area (Å²) in [5, 5.41) is 0. The number of rotatable bonds is 10. The number of carbonyl (C=O) groups excluding carboxylic acids is 1. The zero-order chi connectivity index (χ0) is 10.6. The highest BCUT2D eigenvalue weighted by atomic mass is 16.1. The molecule has 0 aromatic rings. The van der Waals surface area contributed by atoms with Gasteiger partial charge in [-0.25, -0.2) is 0 Å². The van der Waals surface area contributed by atoms with Crippen LogP contribution in [0.15, 0.2) is 0 Å². The van der Waals surface area contributed by atoms with Crippen molar-refractivity contribution < 1.29 is 4.79 Å². The Balaban J connectivity index is 3.49. The minimum atomic E-state index is 0.618. The smallest absolute Gasteiger partial charge is 0.133 e. The van der Waals surface area contributed by atoms with Crippen molar-refractivity contribution in [2.45, 2.75) is 52.4 Å². The maximum atomic E-state index is 10.4. The van der Waals surface area contributed by atoms with Crippen LogP contribution in [0.2, 0.25) is 0 Å². The Bertz CT molecular complexity index is 115. The van der Waals surface area contributed by atoms with E-state index in [2.05, 4.69) is 18.7 Å². The zero-order valence-corrected chi connectivity index (χ0v) is 9.80. The molecule has 0 unspecified atom stereocenters. The molecular weight excluding hydrogens is 174 g/mol. The van der Waals surface area contributed by atoms with E-state index in [9.17, 15) is 4.79 Å². The zero-order valence-electron chi connectivity index (χ0n) is 9.80. The molecular formula is C12H25NO. The maximum absolute atomic E-state index is 10.4. The van der Waals surface area contributed by atoms with Crippen LogP contribution in [0, 0.1) is 0 Å². The first-order valence-corrected chi connectivity index (χ1v) is 6.01. The van der Waals surface area contributed by atoms with E-state index in [0.29, 0.717) is 6.54 Å². The van der Waals surface area contributed by atoms with Crippen LogP contribution in [-0.4, -0.2) is 30.8 Å². The van der Waals surface area contributed by atoms with Crippen LogP contribution in [0.25, 0.3) is 0 Å². The number of hydrogen-bond donors (Lipinski definition) is 0. The van der Waals surface area contributed by atoms with Gasteiger partial charge in [0.2, 0.25) is 0 Å². The van der Waals surface area contributed by atoms with Crippen LogP contribution in [0.4, 0.5) is 0 Å². The van der Waals surface area contributed by atoms with Crippen LogP contribution in [-0.2, 0) is 4.79 Å². The maximum Gasteiger partial charge on any atom is 0.133 e. The molecule has 0 rings (SSSR count). The second kappa shape index (κ2) is 10.7. The monoisotopic (exact) mass is 199 g/mol. The average molecular weight is 199 g/mol. The summed E-state index contributed by atoms with van der Waals surface area (Å²) in [6, 6.07) is 0. The lowest BCUT2D eigenvalue weighted by molar-refractivity contribution is -0.108. The Morgan fingerprint density at radius 1 is 0.929 bits per heavy atom. The van der Waals surface area contributed by atoms with Crippen molar-refractivity contribution >= 4 is 6.29 Å². The lowest BCUT2D eigenvalue weighted by atomic mass is 10.2. The third-order valence-electron chi connectivity index (χ3n) is 2.49. The molecule has 0 atom stereocenters. The van der Waals surface area contributed by atoms with Gasteiger partial charge in [-0.05, 0) is 25.9 Å². The highest BCUT2D eigenvalue weighted by molar-refractivity contribution is 5.51. The van der Waals surface area contributed by atoms with Crippen LogP contribution < -0.4 is 0 Å². The normalized spacial score (nSPS) is 10.8. The fourth-order valence-corrected chi connectivity index (χ4v) is 1.57. The minimum absolute atomic E-state index is 0.618. The average Bonchev–Trinajstić information content (AvgIpc) is 2.18. The van der Waals surface area contributed by atoms with E-state index < -0.39 is 0 Å². The Morgan fingerprint density at radius 3 is 1.79 bits per heavy atom. The van der Waals surface area contributed by atoms with Gasteiger partial charge in [0.25, 0.3) is 0 Å². The van der Waals surface area contributed by atoms with E-state index >= 15 is 0 Å². The van der Waals surface area contributed by atoms with Gasteiger partial charge in [0.05, 0.1) is 6.54 Å². The van der Waals surface area contributed by atoms with Crippen LogP contribution in [0.5, 0.6) is 0 Å². The van der Waals surface area contributed by atoms with Gasteiger partial charge < -0.3 is 4.79 Å². The fraction of sp³-hybridized carbons (Fsp3) is 0.917. The molecule has 0 aromatic heterocycles. The molecule has 84 valence electrons. The molecule has 0 bridgehead atoms. The first kappa shape index (κ1) is 13.6. The molecule has 0 aliphatic rings. The van der Waals surface area contributed by atoms with Crippen molar-refractivity contribution in [1.82, 2.24) is 4.90 Å². The molecule has 0 N–H and O–H groups in total. The first-order chi connectivity index (χ1) is 6.85. The summed E-state index contributed by atoms with van der Waals surface area (Å²) in [7, 11) is 0. The molecule has 0 saturated heterocycles. The quantitative estimate of drug-likeness (QED) is 0.398. The number of aldehydes is 1. The number of nitrogens with zero attached hydrogens (tertiary/aromatic N) is 1. The van der Waals surface area contributed by atoms with Gasteiger partial charge in [-0.1, -0.05) is 39.5 Å². The highest BCUT2D eigenvalue weighted by Gasteiger charge is 2.02. The van der Waals surface area contributed by atoms with Crippen molar-refractivity contribution in [3.05, 3.63) is 0 Å². The van der Waals surface area contributed by atoms with Crippen molar-refractivity contribution in [3.63, 3.8) is 0 Å². The second-order valence-corrected chi connectivity index (χ2v) is 3.88. The van der Waals surface area contributed by atoms with E-state index in [0.717, 1.165) is 19.4 Å². The third-order valence-corrected chi connectivity index (χ3v) is 2.49. The Morgan fingerprint density at radius 2 is 1.43 bits per heavy atom. The Kier molecular flexibility index (Phi) is 10.4. The largest absolute Gasteiger partial charge is 0.302 e. The van der Waals surface area contributed by atoms with Gasteiger partial charge in [0.15, 0.2) is 0 Å². The molecule has 0 saturated carbocycles. The van der Waals surface area contributed by atoms with Gasteiger partial charge in [-0.3, -0.25) is 4.90 Å². The van der Waals surface area contributed by atoms with Crippen molar-refractivity contribution in [3.8, 4) is 0 Å². The number of hydrogen-bond acceptors (Lipinski definition) is 2. The molecule has 0 aromatic carbocycles. The van der Waals surface area contributed by atoms with Crippen molar-refractivity contribution in [1.29, 1.82) is 0 Å². The predicted molar refractivity (Wildman–Crippen MR) is 61.6 cm³/mol. The highest BCUT2D eigenvalue weighted by Crippen LogP contribution is 2.01. The minimum Gasteiger partial charge on any atom is -0.302 e. The van der Waals surface area contributed by atoms with E-state index in [1.165, 1.54) is 38.5 Å². The summed E-state index contributed by atoms with van der Waals surface area (Å²) >= 11 is 0. The summed E-state index contributed by atoms with van der Waals surface area (Å²) in [5.41, 5.74) is 0. The summed E-state index contributed by atoms with van der Waals surface area (Å²) in [5.74, 6) is 0. The van der Waals surface area contributed by atoms with Gasteiger partial charge in [-0.2, -0.15) is 0 Å². The van der Waals surface area contributed by atoms with Crippen LogP contribution in [0.1, 0.15) is 52.4 Å². The number of carbonyl (C=O) groups is 1. The number of unbranched alkanes of at least 4 members (excludes halogenated alkanes) is 4. The van der Waals surface area contributed by atoms with Crippen molar-refractivity contribution in [2.75, 3.05) is 19.6 Å². The van der Waals surface area contributed by atoms with Gasteiger partial charge in [0.1, 0.15) is 6.29 Å². The molecule has 0 aliphatic heterocycles.